The van der Waals surface area contributed by atoms with Crippen LogP contribution in [0.3, 0.4) is 0 Å². The van der Waals surface area contributed by atoms with Crippen molar-refractivity contribution in [1.29, 1.82) is 0 Å². The second-order valence-electron chi connectivity index (χ2n) is 9.82. The monoisotopic (exact) mass is 557 g/mol. The van der Waals surface area contributed by atoms with Crippen LogP contribution in [0.2, 0.25) is 0 Å². The first-order valence-corrected chi connectivity index (χ1v) is 14.3. The molecule has 0 aliphatic rings. The maximum absolute atomic E-state index is 13.3. The number of hydrogen-bond donors (Lipinski definition) is 2. The fourth-order valence-corrected chi connectivity index (χ4v) is 4.67. The van der Waals surface area contributed by atoms with Crippen LogP contribution in [0, 0.1) is 5.82 Å². The van der Waals surface area contributed by atoms with E-state index in [9.17, 15) is 17.6 Å². The molecule has 0 saturated heterocycles. The lowest BCUT2D eigenvalue weighted by Gasteiger charge is -2.29. The van der Waals surface area contributed by atoms with Gasteiger partial charge in [-0.15, -0.1) is 0 Å². The predicted molar refractivity (Wildman–Crippen MR) is 151 cm³/mol. The standard InChI is InChI=1S/C29H36FN3O5S/c1-21(24-10-12-26(30)13-11-24)32-28(34)25-14-23(15-27(16-25)33(2)39(4,35)36)18-38-20-29(31,19-37-3)17-22-8-6-5-7-9-22/h5-16,21H,17-20,31H2,1-4H3,(H,32,34)/t21-,29?/m1/s1. The maximum atomic E-state index is 13.3. The van der Waals surface area contributed by atoms with E-state index in [0.29, 0.717) is 17.7 Å². The summed E-state index contributed by atoms with van der Waals surface area (Å²) in [5.41, 5.74) is 8.78. The molecule has 1 unspecified atom stereocenters. The van der Waals surface area contributed by atoms with E-state index in [4.69, 9.17) is 15.2 Å². The van der Waals surface area contributed by atoms with Gasteiger partial charge in [0.05, 0.1) is 43.3 Å². The number of sulfonamides is 1. The van der Waals surface area contributed by atoms with Crippen molar-refractivity contribution in [3.8, 4) is 0 Å². The van der Waals surface area contributed by atoms with Crippen LogP contribution in [0.4, 0.5) is 10.1 Å². The number of rotatable bonds is 13. The summed E-state index contributed by atoms with van der Waals surface area (Å²) >= 11 is 0. The SMILES string of the molecule is COCC(N)(COCc1cc(C(=O)N[C@H](C)c2ccc(F)cc2)cc(N(C)S(C)(=O)=O)c1)Cc1ccccc1. The van der Waals surface area contributed by atoms with E-state index in [0.717, 1.165) is 21.7 Å². The summed E-state index contributed by atoms with van der Waals surface area (Å²) in [5, 5.41) is 2.88. The summed E-state index contributed by atoms with van der Waals surface area (Å²) in [7, 11) is -0.586. The molecule has 210 valence electrons. The van der Waals surface area contributed by atoms with Crippen LogP contribution in [-0.2, 0) is 32.5 Å². The fraction of sp³-hybridized carbons (Fsp3) is 0.345. The number of carbonyl (C=O) groups is 1. The largest absolute Gasteiger partial charge is 0.383 e. The summed E-state index contributed by atoms with van der Waals surface area (Å²) in [6.07, 6.45) is 1.62. The van der Waals surface area contributed by atoms with Gasteiger partial charge in [-0.2, -0.15) is 0 Å². The smallest absolute Gasteiger partial charge is 0.251 e. The molecule has 0 radical (unpaired) electrons. The number of amides is 1. The molecule has 1 amide bonds. The first kappa shape index (κ1) is 30.2. The van der Waals surface area contributed by atoms with Crippen LogP contribution < -0.4 is 15.4 Å². The molecule has 0 fully saturated rings. The Balaban J connectivity index is 1.80. The second-order valence-corrected chi connectivity index (χ2v) is 11.8. The van der Waals surface area contributed by atoms with Gasteiger partial charge in [0.1, 0.15) is 5.82 Å². The summed E-state index contributed by atoms with van der Waals surface area (Å²) in [4.78, 5) is 13.2. The molecule has 3 aromatic carbocycles. The predicted octanol–water partition coefficient (Wildman–Crippen LogP) is 3.82. The van der Waals surface area contributed by atoms with E-state index >= 15 is 0 Å². The van der Waals surface area contributed by atoms with Gasteiger partial charge in [-0.1, -0.05) is 42.5 Å². The number of hydrogen-bond acceptors (Lipinski definition) is 6. The first-order valence-electron chi connectivity index (χ1n) is 12.4. The summed E-state index contributed by atoms with van der Waals surface area (Å²) < 4.78 is 50.2. The number of nitrogens with zero attached hydrogens (tertiary/aromatic N) is 1. The zero-order valence-corrected chi connectivity index (χ0v) is 23.5. The Morgan fingerprint density at radius 1 is 1.05 bits per heavy atom. The quantitative estimate of drug-likeness (QED) is 0.331. The van der Waals surface area contributed by atoms with Gasteiger partial charge in [-0.05, 0) is 60.4 Å². The van der Waals surface area contributed by atoms with Crippen molar-refractivity contribution in [3.63, 3.8) is 0 Å². The zero-order chi connectivity index (χ0) is 28.6. The third-order valence-corrected chi connectivity index (χ3v) is 7.51. The molecule has 0 aliphatic carbocycles. The lowest BCUT2D eigenvalue weighted by molar-refractivity contribution is 0.0321. The van der Waals surface area contributed by atoms with Crippen molar-refractivity contribution in [2.45, 2.75) is 31.5 Å². The van der Waals surface area contributed by atoms with Gasteiger partial charge in [0.2, 0.25) is 10.0 Å². The number of anilines is 1. The molecule has 0 aliphatic heterocycles. The number of methoxy groups -OCH3 is 1. The Bertz CT molecular complexity index is 1350. The lowest BCUT2D eigenvalue weighted by Crippen LogP contribution is -2.50. The van der Waals surface area contributed by atoms with Gasteiger partial charge in [-0.3, -0.25) is 9.10 Å². The van der Waals surface area contributed by atoms with Crippen molar-refractivity contribution in [2.24, 2.45) is 5.73 Å². The van der Waals surface area contributed by atoms with E-state index in [1.807, 2.05) is 30.3 Å². The van der Waals surface area contributed by atoms with Gasteiger partial charge < -0.3 is 20.5 Å². The van der Waals surface area contributed by atoms with Crippen LogP contribution in [0.15, 0.2) is 72.8 Å². The van der Waals surface area contributed by atoms with Gasteiger partial charge in [0.25, 0.3) is 5.91 Å². The number of halogens is 1. The highest BCUT2D eigenvalue weighted by Crippen LogP contribution is 2.23. The second kappa shape index (κ2) is 13.2. The molecule has 3 aromatic rings. The first-order chi connectivity index (χ1) is 18.4. The minimum atomic E-state index is -3.58. The molecule has 0 heterocycles. The molecule has 3 rings (SSSR count). The molecular weight excluding hydrogens is 521 g/mol. The highest BCUT2D eigenvalue weighted by molar-refractivity contribution is 7.92. The molecule has 10 heteroatoms. The molecule has 0 spiro atoms. The Hall–Kier alpha value is -3.31. The molecule has 39 heavy (non-hydrogen) atoms. The van der Waals surface area contributed by atoms with Crippen LogP contribution in [0.1, 0.15) is 40.0 Å². The number of ether oxygens (including phenoxy) is 2. The number of benzene rings is 3. The van der Waals surface area contributed by atoms with E-state index in [2.05, 4.69) is 5.32 Å². The minimum absolute atomic E-state index is 0.0939. The normalized spacial score (nSPS) is 13.9. The highest BCUT2D eigenvalue weighted by Gasteiger charge is 2.26. The molecule has 2 atom stereocenters. The lowest BCUT2D eigenvalue weighted by atomic mass is 9.93. The van der Waals surface area contributed by atoms with Gasteiger partial charge in [0.15, 0.2) is 0 Å². The van der Waals surface area contributed by atoms with Crippen LogP contribution >= 0.6 is 0 Å². The van der Waals surface area contributed by atoms with Crippen molar-refractivity contribution in [3.05, 3.63) is 101 Å². The Morgan fingerprint density at radius 3 is 2.33 bits per heavy atom. The molecule has 8 nitrogen and oxygen atoms in total. The summed E-state index contributed by atoms with van der Waals surface area (Å²) in [6.45, 7) is 2.32. The molecule has 0 saturated carbocycles. The fourth-order valence-electron chi connectivity index (χ4n) is 4.18. The van der Waals surface area contributed by atoms with Crippen LogP contribution in [-0.4, -0.2) is 53.5 Å². The summed E-state index contributed by atoms with van der Waals surface area (Å²) in [6, 6.07) is 20.1. The van der Waals surface area contributed by atoms with Crippen LogP contribution in [0.5, 0.6) is 0 Å². The maximum Gasteiger partial charge on any atom is 0.251 e. The Kier molecular flexibility index (Phi) is 10.2. The van der Waals surface area contributed by atoms with Crippen molar-refractivity contribution >= 4 is 21.6 Å². The number of nitrogens with one attached hydrogen (secondary N) is 1. The van der Waals surface area contributed by atoms with Crippen molar-refractivity contribution in [1.82, 2.24) is 5.32 Å². The number of nitrogens with two attached hydrogens (primary N) is 1. The third kappa shape index (κ3) is 8.86. The molecule has 0 bridgehead atoms. The van der Waals surface area contributed by atoms with E-state index in [-0.39, 0.29) is 31.2 Å². The third-order valence-electron chi connectivity index (χ3n) is 6.31. The van der Waals surface area contributed by atoms with E-state index in [1.54, 1.807) is 38.3 Å². The highest BCUT2D eigenvalue weighted by atomic mass is 32.2. The minimum Gasteiger partial charge on any atom is -0.383 e. The van der Waals surface area contributed by atoms with Gasteiger partial charge in [-0.25, -0.2) is 12.8 Å². The topological polar surface area (TPSA) is 111 Å². The van der Waals surface area contributed by atoms with Crippen LogP contribution in [0.25, 0.3) is 0 Å². The molecular formula is C29H36FN3O5S. The Morgan fingerprint density at radius 2 is 1.72 bits per heavy atom. The van der Waals surface area contributed by atoms with Crippen molar-refractivity contribution < 1.29 is 27.1 Å². The summed E-state index contributed by atoms with van der Waals surface area (Å²) in [5.74, 6) is -0.775. The van der Waals surface area contributed by atoms with E-state index < -0.39 is 27.5 Å². The molecule has 3 N–H and O–H groups in total. The Labute approximate surface area is 230 Å². The zero-order valence-electron chi connectivity index (χ0n) is 22.7. The average molecular weight is 558 g/mol. The van der Waals surface area contributed by atoms with Gasteiger partial charge in [0, 0.05) is 19.7 Å². The van der Waals surface area contributed by atoms with Gasteiger partial charge >= 0.3 is 0 Å². The van der Waals surface area contributed by atoms with E-state index in [1.165, 1.54) is 25.2 Å². The average Bonchev–Trinajstić information content (AvgIpc) is 2.88. The number of carbonyl (C=O) groups excluding carboxylic acids is 1. The molecule has 0 aromatic heterocycles. The van der Waals surface area contributed by atoms with Crippen molar-refractivity contribution in [2.75, 3.05) is 37.9 Å².